The summed E-state index contributed by atoms with van der Waals surface area (Å²) in [5.74, 6) is 0.0254. The monoisotopic (exact) mass is 350 g/mol. The number of anilines is 1. The second kappa shape index (κ2) is 7.00. The fourth-order valence-corrected chi connectivity index (χ4v) is 2.81. The summed E-state index contributed by atoms with van der Waals surface area (Å²) in [5, 5.41) is 0.124. The predicted octanol–water partition coefficient (Wildman–Crippen LogP) is 2.24. The molecule has 0 radical (unpaired) electrons. The van der Waals surface area contributed by atoms with Crippen molar-refractivity contribution in [2.45, 2.75) is 0 Å². The van der Waals surface area contributed by atoms with Gasteiger partial charge in [-0.2, -0.15) is 4.98 Å². The van der Waals surface area contributed by atoms with Gasteiger partial charge in [-0.1, -0.05) is 17.7 Å². The Morgan fingerprint density at radius 1 is 1.25 bits per heavy atom. The molecule has 1 amide bonds. The summed E-state index contributed by atoms with van der Waals surface area (Å²) < 4.78 is 19.0. The van der Waals surface area contributed by atoms with Gasteiger partial charge in [-0.3, -0.25) is 4.79 Å². The van der Waals surface area contributed by atoms with Crippen molar-refractivity contribution >= 4 is 23.5 Å². The van der Waals surface area contributed by atoms with E-state index in [1.54, 1.807) is 24.3 Å². The average Bonchev–Trinajstić information content (AvgIpc) is 2.61. The Morgan fingerprint density at radius 3 is 2.67 bits per heavy atom. The van der Waals surface area contributed by atoms with E-state index in [1.807, 2.05) is 4.90 Å². The van der Waals surface area contributed by atoms with E-state index in [9.17, 15) is 9.18 Å². The average molecular weight is 351 g/mol. The molecule has 0 aliphatic carbocycles. The van der Waals surface area contributed by atoms with Gasteiger partial charge >= 0.3 is 0 Å². The Balaban J connectivity index is 1.69. The van der Waals surface area contributed by atoms with Crippen molar-refractivity contribution in [3.8, 4) is 5.88 Å². The van der Waals surface area contributed by atoms with Gasteiger partial charge < -0.3 is 14.5 Å². The number of aromatic nitrogens is 2. The molecule has 1 saturated heterocycles. The summed E-state index contributed by atoms with van der Waals surface area (Å²) in [5.41, 5.74) is -0.0785. The zero-order valence-electron chi connectivity index (χ0n) is 13.1. The van der Waals surface area contributed by atoms with E-state index in [-0.39, 0.29) is 10.6 Å². The van der Waals surface area contributed by atoms with Gasteiger partial charge in [0.05, 0.1) is 17.7 Å². The molecule has 126 valence electrons. The van der Waals surface area contributed by atoms with E-state index < -0.39 is 11.7 Å². The first-order valence-corrected chi connectivity index (χ1v) is 7.83. The lowest BCUT2D eigenvalue weighted by molar-refractivity contribution is 0.0741. The van der Waals surface area contributed by atoms with Crippen molar-refractivity contribution < 1.29 is 13.9 Å². The van der Waals surface area contributed by atoms with E-state index >= 15 is 0 Å². The number of nitrogens with zero attached hydrogens (tertiary/aromatic N) is 4. The highest BCUT2D eigenvalue weighted by molar-refractivity contribution is 6.33. The number of hydrogen-bond acceptors (Lipinski definition) is 5. The Labute approximate surface area is 143 Å². The lowest BCUT2D eigenvalue weighted by Gasteiger charge is -2.34. The van der Waals surface area contributed by atoms with Gasteiger partial charge in [0.25, 0.3) is 5.91 Å². The van der Waals surface area contributed by atoms with Crippen LogP contribution in [0, 0.1) is 5.82 Å². The molecular formula is C16H16ClFN4O2. The van der Waals surface area contributed by atoms with Crippen molar-refractivity contribution in [1.82, 2.24) is 14.9 Å². The molecule has 3 rings (SSSR count). The molecule has 1 fully saturated rings. The molecule has 1 aromatic heterocycles. The normalized spacial score (nSPS) is 14.6. The molecule has 0 atom stereocenters. The van der Waals surface area contributed by atoms with Gasteiger partial charge in [0, 0.05) is 38.4 Å². The first-order valence-electron chi connectivity index (χ1n) is 7.45. The van der Waals surface area contributed by atoms with Crippen LogP contribution in [0.25, 0.3) is 0 Å². The summed E-state index contributed by atoms with van der Waals surface area (Å²) in [6.07, 6.45) is 1.62. The molecule has 2 heterocycles. The van der Waals surface area contributed by atoms with E-state index in [0.717, 1.165) is 0 Å². The quantitative estimate of drug-likeness (QED) is 0.849. The minimum absolute atomic E-state index is 0.0785. The van der Waals surface area contributed by atoms with Crippen LogP contribution in [0.3, 0.4) is 0 Å². The van der Waals surface area contributed by atoms with Crippen molar-refractivity contribution in [2.75, 3.05) is 38.2 Å². The molecule has 0 unspecified atom stereocenters. The van der Waals surface area contributed by atoms with Crippen LogP contribution in [-0.2, 0) is 0 Å². The van der Waals surface area contributed by atoms with E-state index in [0.29, 0.717) is 38.0 Å². The van der Waals surface area contributed by atoms with Crippen LogP contribution in [-0.4, -0.2) is 54.1 Å². The third-order valence-corrected chi connectivity index (χ3v) is 4.17. The predicted molar refractivity (Wildman–Crippen MR) is 88.1 cm³/mol. The third-order valence-electron chi connectivity index (χ3n) is 3.85. The Morgan fingerprint density at radius 2 is 2.00 bits per heavy atom. The fourth-order valence-electron chi connectivity index (χ4n) is 2.57. The molecule has 2 aromatic rings. The van der Waals surface area contributed by atoms with Crippen molar-refractivity contribution in [3.05, 3.63) is 46.9 Å². The number of methoxy groups -OCH3 is 1. The minimum atomic E-state index is -0.606. The summed E-state index contributed by atoms with van der Waals surface area (Å²) in [4.78, 5) is 24.6. The van der Waals surface area contributed by atoms with Crippen LogP contribution >= 0.6 is 11.6 Å². The van der Waals surface area contributed by atoms with Crippen molar-refractivity contribution in [1.29, 1.82) is 0 Å². The first-order chi connectivity index (χ1) is 11.6. The maximum absolute atomic E-state index is 13.9. The standard InChI is InChI=1S/C16H16ClFN4O2/c1-24-13-5-6-19-16(20-13)22-9-7-21(8-10-22)15(23)14-11(17)3-2-4-12(14)18/h2-6H,7-10H2,1H3. The third kappa shape index (κ3) is 3.26. The van der Waals surface area contributed by atoms with Gasteiger partial charge in [0.2, 0.25) is 11.8 Å². The van der Waals surface area contributed by atoms with Crippen molar-refractivity contribution in [3.63, 3.8) is 0 Å². The van der Waals surface area contributed by atoms with Crippen LogP contribution in [0.4, 0.5) is 10.3 Å². The molecule has 24 heavy (non-hydrogen) atoms. The van der Waals surface area contributed by atoms with Crippen LogP contribution in [0.5, 0.6) is 5.88 Å². The highest BCUT2D eigenvalue weighted by Gasteiger charge is 2.26. The Hall–Kier alpha value is -2.41. The Kier molecular flexibility index (Phi) is 4.80. The number of carbonyl (C=O) groups is 1. The molecule has 1 aromatic carbocycles. The summed E-state index contributed by atoms with van der Waals surface area (Å²) in [6, 6.07) is 5.90. The maximum atomic E-state index is 13.9. The number of rotatable bonds is 3. The van der Waals surface area contributed by atoms with E-state index in [1.165, 1.54) is 18.2 Å². The largest absolute Gasteiger partial charge is 0.481 e. The molecule has 0 saturated carbocycles. The van der Waals surface area contributed by atoms with Gasteiger partial charge in [-0.15, -0.1) is 0 Å². The lowest BCUT2D eigenvalue weighted by Crippen LogP contribution is -2.49. The second-order valence-electron chi connectivity index (χ2n) is 5.27. The van der Waals surface area contributed by atoms with Gasteiger partial charge in [0.15, 0.2) is 0 Å². The smallest absolute Gasteiger partial charge is 0.258 e. The highest BCUT2D eigenvalue weighted by Crippen LogP contribution is 2.22. The first kappa shape index (κ1) is 16.4. The molecule has 6 nitrogen and oxygen atoms in total. The van der Waals surface area contributed by atoms with Crippen molar-refractivity contribution in [2.24, 2.45) is 0 Å². The number of ether oxygens (including phenoxy) is 1. The van der Waals surface area contributed by atoms with Gasteiger partial charge in [-0.25, -0.2) is 9.37 Å². The molecule has 1 aliphatic rings. The Bertz CT molecular complexity index is 730. The second-order valence-corrected chi connectivity index (χ2v) is 5.68. The molecule has 0 N–H and O–H groups in total. The fraction of sp³-hybridized carbons (Fsp3) is 0.312. The summed E-state index contributed by atoms with van der Waals surface area (Å²) in [7, 11) is 1.54. The van der Waals surface area contributed by atoms with Gasteiger partial charge in [0.1, 0.15) is 5.82 Å². The molecule has 8 heteroatoms. The SMILES string of the molecule is COc1ccnc(N2CCN(C(=O)c3c(F)cccc3Cl)CC2)n1. The molecular weight excluding hydrogens is 335 g/mol. The van der Waals surface area contributed by atoms with E-state index in [4.69, 9.17) is 16.3 Å². The number of benzene rings is 1. The zero-order valence-corrected chi connectivity index (χ0v) is 13.8. The topological polar surface area (TPSA) is 58.6 Å². The lowest BCUT2D eigenvalue weighted by atomic mass is 10.1. The van der Waals surface area contributed by atoms with Crippen LogP contribution in [0.2, 0.25) is 5.02 Å². The highest BCUT2D eigenvalue weighted by atomic mass is 35.5. The van der Waals surface area contributed by atoms with E-state index in [2.05, 4.69) is 9.97 Å². The molecule has 0 bridgehead atoms. The van der Waals surface area contributed by atoms with Gasteiger partial charge in [-0.05, 0) is 12.1 Å². The van der Waals surface area contributed by atoms with Crippen LogP contribution < -0.4 is 9.64 Å². The summed E-state index contributed by atoms with van der Waals surface area (Å²) >= 11 is 5.97. The molecule has 1 aliphatic heterocycles. The van der Waals surface area contributed by atoms with Crippen LogP contribution in [0.15, 0.2) is 30.5 Å². The number of piperazine rings is 1. The molecule has 0 spiro atoms. The maximum Gasteiger partial charge on any atom is 0.258 e. The van der Waals surface area contributed by atoms with Crippen LogP contribution in [0.1, 0.15) is 10.4 Å². The number of amides is 1. The number of hydrogen-bond donors (Lipinski definition) is 0. The number of halogens is 2. The minimum Gasteiger partial charge on any atom is -0.481 e. The zero-order chi connectivity index (χ0) is 17.1. The summed E-state index contributed by atoms with van der Waals surface area (Å²) in [6.45, 7) is 1.96. The number of carbonyl (C=O) groups excluding carboxylic acids is 1.